The number of piperazine rings is 1. The summed E-state index contributed by atoms with van der Waals surface area (Å²) in [6.07, 6.45) is -0.784. The van der Waals surface area contributed by atoms with E-state index < -0.39 is 87.4 Å². The number of nitrogens with one attached hydrogen (secondary N) is 4. The van der Waals surface area contributed by atoms with E-state index in [4.69, 9.17) is 48.9 Å². The van der Waals surface area contributed by atoms with Gasteiger partial charge in [-0.1, -0.05) is 24.3 Å². The summed E-state index contributed by atoms with van der Waals surface area (Å²) in [6.45, 7) is -0.906. The lowest BCUT2D eigenvalue weighted by Crippen LogP contribution is -2.48. The Kier molecular flexibility index (Phi) is 29.3. The number of benzene rings is 8. The van der Waals surface area contributed by atoms with E-state index in [2.05, 4.69) is 62.2 Å². The number of aromatic carboxylic acids is 4. The first-order valence-electron chi connectivity index (χ1n) is 36.1. The fraction of sp³-hybridized carbons (Fsp3) is 0.216. The number of aromatic nitrogens is 6. The normalized spacial score (nSPS) is 12.7. The quantitative estimate of drug-likeness (QED) is 0.00960. The molecule has 1 aliphatic heterocycles. The first-order chi connectivity index (χ1) is 58.1. The van der Waals surface area contributed by atoms with Crippen molar-refractivity contribution in [1.29, 1.82) is 0 Å². The fourth-order valence-electron chi connectivity index (χ4n) is 11.0. The molecule has 1 fully saturated rings. The van der Waals surface area contributed by atoms with Crippen molar-refractivity contribution in [3.05, 3.63) is 192 Å². The minimum absolute atomic E-state index is 0.000953. The number of carbonyl (C=O) groups is 4. The van der Waals surface area contributed by atoms with Crippen LogP contribution in [0.1, 0.15) is 67.1 Å². The van der Waals surface area contributed by atoms with E-state index in [9.17, 15) is 91.5 Å². The Bertz CT molecular complexity index is 5450. The number of anilines is 10. The SMILES string of the molecule is O=C(O)c1cccc(N=Nc2ccc(Nc3nc(Nc4ccc(N=Nc5cccc(C(=O)O)c5)cc4OCCCS(=O)(=O)O)nc(N4CCN(c5nc(Nc6ccc(N=Nc7cccc(C(=O)O)c7)cc6OCCCS(=O)(=O)O)nc(Nc6ccc(N=Nc7cccc(C(=O)O)c7)cc6OCCCS(=O)(=O)O)n5)CC4)n3)c(OCCCS(=O)(=O)O)c2)c1. The summed E-state index contributed by atoms with van der Waals surface area (Å²) in [6, 6.07) is 40.2. The average Bonchev–Trinajstić information content (AvgIpc) is 0.779. The third-order valence-electron chi connectivity index (χ3n) is 16.7. The minimum Gasteiger partial charge on any atom is -0.491 e. The van der Waals surface area contributed by atoms with Crippen LogP contribution in [0, 0.1) is 0 Å². The van der Waals surface area contributed by atoms with Crippen LogP contribution >= 0.6 is 0 Å². The van der Waals surface area contributed by atoms with Crippen LogP contribution in [-0.2, 0) is 40.5 Å². The van der Waals surface area contributed by atoms with Crippen molar-refractivity contribution in [2.45, 2.75) is 25.7 Å². The lowest BCUT2D eigenvalue weighted by molar-refractivity contribution is 0.0686. The van der Waals surface area contributed by atoms with Crippen LogP contribution in [0.5, 0.6) is 23.0 Å². The number of carboxylic acids is 4. The number of carboxylic acid groups (broad SMARTS) is 4. The number of nitrogens with zero attached hydrogens (tertiary/aromatic N) is 16. The predicted molar refractivity (Wildman–Crippen MR) is 439 cm³/mol. The monoisotopic (exact) mass is 1750 g/mol. The lowest BCUT2D eigenvalue weighted by atomic mass is 10.2. The highest BCUT2D eigenvalue weighted by atomic mass is 32.2. The summed E-state index contributed by atoms with van der Waals surface area (Å²) in [5, 5.41) is 84.8. The molecule has 0 bridgehead atoms. The molecule has 0 spiro atoms. The van der Waals surface area contributed by atoms with Gasteiger partial charge in [0.25, 0.3) is 40.5 Å². The summed E-state index contributed by atoms with van der Waals surface area (Å²) in [5.74, 6) is -8.20. The van der Waals surface area contributed by atoms with E-state index in [-0.39, 0.29) is 227 Å². The lowest BCUT2D eigenvalue weighted by Gasteiger charge is -2.35. The van der Waals surface area contributed by atoms with Crippen LogP contribution in [0.2, 0.25) is 0 Å². The molecular weight excluding hydrogens is 1680 g/mol. The maximum atomic E-state index is 11.8. The molecule has 10 aromatic rings. The standard InChI is InChI=1S/C74H72N20O24S4/c95-65(96)45-9-1-13-49(37-45)85-89-53-17-21-57(61(41-53)115-29-5-33-119(103,104)105)75-69-79-70(76-58-22-18-54(42-62(58)116-30-6-34-120(106,107)108)90-86-50-14-2-10-46(38-50)66(97)98)82-73(81-69)93-25-27-94(28-26-93)74-83-71(77-59-23-19-55(43-63(59)117-31-7-35-121(109,110)111)91-87-51-15-3-11-47(39-51)67(99)100)80-72(84-74)78-60-24-20-56(44-64(60)118-32-8-36-122(112,113)114)92-88-52-16-4-12-48(40-52)68(101)102/h1-4,9-24,37-44H,5-8,25-36H2,(H,95,96)(H,97,98)(H,99,100)(H,101,102)(H,103,104,105)(H,106,107,108)(H,109,110,111)(H,112,113,114)(H2,75,76,79,81,82)(H2,77,78,80,83,84). The molecule has 0 radical (unpaired) electrons. The Morgan fingerprint density at radius 1 is 0.303 bits per heavy atom. The zero-order valence-electron chi connectivity index (χ0n) is 63.4. The second-order valence-corrected chi connectivity index (χ2v) is 32.2. The summed E-state index contributed by atoms with van der Waals surface area (Å²) >= 11 is 0. The van der Waals surface area contributed by atoms with Crippen molar-refractivity contribution in [1.82, 2.24) is 29.9 Å². The van der Waals surface area contributed by atoms with Crippen molar-refractivity contribution < 1.29 is 110 Å². The van der Waals surface area contributed by atoms with E-state index in [0.29, 0.717) is 0 Å². The van der Waals surface area contributed by atoms with Gasteiger partial charge in [-0.25, -0.2) is 19.2 Å². The Morgan fingerprint density at radius 2 is 0.508 bits per heavy atom. The molecule has 8 aromatic carbocycles. The van der Waals surface area contributed by atoms with Gasteiger partial charge in [0.15, 0.2) is 0 Å². The van der Waals surface area contributed by atoms with Gasteiger partial charge in [0, 0.05) is 50.4 Å². The molecule has 0 saturated carbocycles. The van der Waals surface area contributed by atoms with E-state index in [1.54, 1.807) is 9.80 Å². The van der Waals surface area contributed by atoms with Crippen LogP contribution < -0.4 is 50.0 Å². The van der Waals surface area contributed by atoms with Gasteiger partial charge < -0.3 is 70.4 Å². The molecule has 636 valence electrons. The first kappa shape index (κ1) is 88.5. The van der Waals surface area contributed by atoms with E-state index in [1.165, 1.54) is 170 Å². The molecule has 48 heteroatoms. The number of hydrogen-bond donors (Lipinski definition) is 12. The van der Waals surface area contributed by atoms with Crippen molar-refractivity contribution in [2.24, 2.45) is 40.9 Å². The highest BCUT2D eigenvalue weighted by molar-refractivity contribution is 7.86. The van der Waals surface area contributed by atoms with Crippen molar-refractivity contribution in [3.63, 3.8) is 0 Å². The van der Waals surface area contributed by atoms with Crippen molar-refractivity contribution >= 4 is 168 Å². The fourth-order valence-corrected chi connectivity index (χ4v) is 12.9. The van der Waals surface area contributed by atoms with Crippen molar-refractivity contribution in [3.8, 4) is 23.0 Å². The maximum absolute atomic E-state index is 11.8. The molecule has 2 aromatic heterocycles. The number of hydrogen-bond acceptors (Lipinski definition) is 36. The molecule has 0 unspecified atom stereocenters. The van der Waals surface area contributed by atoms with Gasteiger partial charge in [0.2, 0.25) is 35.7 Å². The van der Waals surface area contributed by atoms with Crippen molar-refractivity contribution in [2.75, 3.05) is 107 Å². The molecule has 3 heterocycles. The van der Waals surface area contributed by atoms with Crippen LogP contribution in [0.25, 0.3) is 0 Å². The molecule has 0 amide bonds. The summed E-state index contributed by atoms with van der Waals surface area (Å²) in [4.78, 5) is 79.4. The smallest absolute Gasteiger partial charge is 0.335 e. The number of azo groups is 4. The molecule has 122 heavy (non-hydrogen) atoms. The van der Waals surface area contributed by atoms with Crippen LogP contribution in [0.4, 0.5) is 104 Å². The van der Waals surface area contributed by atoms with Gasteiger partial charge in [-0.3, -0.25) is 18.2 Å². The molecule has 0 atom stereocenters. The topological polar surface area (TPSA) is 634 Å². The molecule has 11 rings (SSSR count). The first-order valence-corrected chi connectivity index (χ1v) is 42.6. The number of rotatable bonds is 42. The predicted octanol–water partition coefficient (Wildman–Crippen LogP) is 13.4. The summed E-state index contributed by atoms with van der Waals surface area (Å²) in [7, 11) is -17.8. The van der Waals surface area contributed by atoms with Crippen LogP contribution in [0.3, 0.4) is 0 Å². The third-order valence-corrected chi connectivity index (χ3v) is 19.9. The molecule has 0 aliphatic carbocycles. The molecule has 1 aliphatic rings. The Hall–Kier alpha value is -14.3. The van der Waals surface area contributed by atoms with E-state index in [0.717, 1.165) is 0 Å². The Morgan fingerprint density at radius 3 is 0.705 bits per heavy atom. The van der Waals surface area contributed by atoms with E-state index >= 15 is 0 Å². The second-order valence-electron chi connectivity index (χ2n) is 25.9. The van der Waals surface area contributed by atoms with Gasteiger partial charge in [-0.15, -0.1) is 0 Å². The highest BCUT2D eigenvalue weighted by Gasteiger charge is 2.27. The zero-order valence-corrected chi connectivity index (χ0v) is 66.6. The van der Waals surface area contributed by atoms with Gasteiger partial charge >= 0.3 is 23.9 Å². The molecule has 44 nitrogen and oxygen atoms in total. The summed E-state index contributed by atoms with van der Waals surface area (Å²) in [5.41, 5.74) is 1.66. The van der Waals surface area contributed by atoms with Gasteiger partial charge in [0.1, 0.15) is 23.0 Å². The molecular formula is C74H72N20O24S4. The van der Waals surface area contributed by atoms with Gasteiger partial charge in [0.05, 0.1) is 140 Å². The van der Waals surface area contributed by atoms with Crippen LogP contribution in [0.15, 0.2) is 211 Å². The van der Waals surface area contributed by atoms with E-state index in [1.807, 2.05) is 0 Å². The number of ether oxygens (including phenoxy) is 4. The minimum atomic E-state index is -4.44. The average molecular weight is 1750 g/mol. The maximum Gasteiger partial charge on any atom is 0.335 e. The molecule has 1 saturated heterocycles. The Labute approximate surface area is 693 Å². The van der Waals surface area contributed by atoms with Crippen LogP contribution in [-0.4, -0.2) is 202 Å². The summed E-state index contributed by atoms with van der Waals surface area (Å²) < 4.78 is 157. The third kappa shape index (κ3) is 27.9. The van der Waals surface area contributed by atoms with Gasteiger partial charge in [-0.2, -0.15) is 104 Å². The Balaban J connectivity index is 0.972. The second kappa shape index (κ2) is 40.4. The largest absolute Gasteiger partial charge is 0.491 e. The zero-order chi connectivity index (χ0) is 87.1. The highest BCUT2D eigenvalue weighted by Crippen LogP contribution is 2.39. The van der Waals surface area contributed by atoms with Gasteiger partial charge in [-0.05, 0) is 147 Å². The molecule has 12 N–H and O–H groups in total.